The molecule has 2 N–H and O–H groups in total. The van der Waals surface area contributed by atoms with Crippen molar-refractivity contribution in [1.82, 2.24) is 5.43 Å². The van der Waals surface area contributed by atoms with Crippen LogP contribution in [0.5, 0.6) is 5.75 Å². The molecule has 0 aliphatic carbocycles. The van der Waals surface area contributed by atoms with E-state index in [9.17, 15) is 9.59 Å². The normalized spacial score (nSPS) is 14.2. The van der Waals surface area contributed by atoms with E-state index in [-0.39, 0.29) is 18.2 Å². The molecule has 6 heteroatoms. The first-order valence-electron chi connectivity index (χ1n) is 6.59. The van der Waals surface area contributed by atoms with Gasteiger partial charge in [0.2, 0.25) is 5.91 Å². The van der Waals surface area contributed by atoms with Crippen LogP contribution in [-0.4, -0.2) is 24.1 Å². The van der Waals surface area contributed by atoms with Gasteiger partial charge < -0.3 is 10.1 Å². The molecule has 0 atom stereocenters. The maximum atomic E-state index is 12.1. The minimum atomic E-state index is -0.322. The number of hydrogen-bond acceptors (Lipinski definition) is 4. The van der Waals surface area contributed by atoms with E-state index in [0.717, 1.165) is 6.42 Å². The largest absolute Gasteiger partial charge is 0.491 e. The maximum absolute atomic E-state index is 12.1. The fourth-order valence-corrected chi connectivity index (χ4v) is 1.74. The molecule has 1 heterocycles. The summed E-state index contributed by atoms with van der Waals surface area (Å²) in [6.07, 6.45) is 1.51. The number of anilines is 1. The van der Waals surface area contributed by atoms with Crippen molar-refractivity contribution in [3.05, 3.63) is 24.3 Å². The van der Waals surface area contributed by atoms with Crippen molar-refractivity contribution in [2.45, 2.75) is 26.2 Å². The van der Waals surface area contributed by atoms with Crippen molar-refractivity contribution in [2.75, 3.05) is 11.9 Å². The van der Waals surface area contributed by atoms with Crippen LogP contribution in [0.4, 0.5) is 5.69 Å². The van der Waals surface area contributed by atoms with E-state index < -0.39 is 0 Å². The molecule has 0 saturated heterocycles. The number of para-hydroxylation sites is 2. The van der Waals surface area contributed by atoms with Gasteiger partial charge in [-0.15, -0.1) is 0 Å². The molecule has 0 bridgehead atoms. The molecule has 0 saturated carbocycles. The number of ether oxygens (including phenoxy) is 1. The van der Waals surface area contributed by atoms with Crippen LogP contribution in [0.25, 0.3) is 0 Å². The monoisotopic (exact) mass is 275 g/mol. The average Bonchev–Trinajstić information content (AvgIpc) is 2.47. The number of benzene rings is 1. The fraction of sp³-hybridized carbons (Fsp3) is 0.357. The molecule has 0 unspecified atom stereocenters. The molecule has 0 aromatic heterocycles. The Bertz CT molecular complexity index is 540. The number of nitrogens with zero attached hydrogens (tertiary/aromatic N) is 1. The number of hydrazone groups is 1. The first kappa shape index (κ1) is 14.0. The fourth-order valence-electron chi connectivity index (χ4n) is 1.74. The van der Waals surface area contributed by atoms with Gasteiger partial charge in [0.1, 0.15) is 11.5 Å². The zero-order valence-electron chi connectivity index (χ0n) is 11.3. The molecule has 2 amide bonds. The summed E-state index contributed by atoms with van der Waals surface area (Å²) < 4.78 is 5.57. The summed E-state index contributed by atoms with van der Waals surface area (Å²) in [5, 5.41) is 6.52. The highest BCUT2D eigenvalue weighted by molar-refractivity contribution is 6.43. The number of amides is 2. The summed E-state index contributed by atoms with van der Waals surface area (Å²) in [7, 11) is 0. The van der Waals surface area contributed by atoms with Gasteiger partial charge in [0.05, 0.1) is 12.3 Å². The Kier molecular flexibility index (Phi) is 4.70. The smallest absolute Gasteiger partial charge is 0.271 e. The second-order valence-electron chi connectivity index (χ2n) is 4.39. The van der Waals surface area contributed by atoms with E-state index in [4.69, 9.17) is 4.74 Å². The quantitative estimate of drug-likeness (QED) is 0.858. The summed E-state index contributed by atoms with van der Waals surface area (Å²) in [5.41, 5.74) is 3.22. The Balaban J connectivity index is 2.06. The van der Waals surface area contributed by atoms with Gasteiger partial charge in [-0.05, 0) is 18.6 Å². The zero-order valence-corrected chi connectivity index (χ0v) is 11.3. The molecule has 1 aromatic rings. The Morgan fingerprint density at radius 1 is 1.40 bits per heavy atom. The van der Waals surface area contributed by atoms with E-state index in [1.165, 1.54) is 0 Å². The van der Waals surface area contributed by atoms with Gasteiger partial charge in [0, 0.05) is 12.8 Å². The van der Waals surface area contributed by atoms with Crippen LogP contribution < -0.4 is 15.5 Å². The molecule has 6 nitrogen and oxygen atoms in total. The molecular formula is C14H17N3O3. The number of rotatable bonds is 5. The molecule has 0 spiro atoms. The van der Waals surface area contributed by atoms with Gasteiger partial charge in [0.15, 0.2) is 0 Å². The van der Waals surface area contributed by atoms with Crippen molar-refractivity contribution in [3.63, 3.8) is 0 Å². The third kappa shape index (κ3) is 3.57. The lowest BCUT2D eigenvalue weighted by Gasteiger charge is -2.14. The number of hydrogen-bond donors (Lipinski definition) is 2. The van der Waals surface area contributed by atoms with E-state index >= 15 is 0 Å². The summed E-state index contributed by atoms with van der Waals surface area (Å²) >= 11 is 0. The molecule has 1 aliphatic rings. The highest BCUT2D eigenvalue weighted by atomic mass is 16.5. The predicted octanol–water partition coefficient (Wildman–Crippen LogP) is 1.68. The zero-order chi connectivity index (χ0) is 14.4. The first-order valence-corrected chi connectivity index (χ1v) is 6.59. The Labute approximate surface area is 117 Å². The summed E-state index contributed by atoms with van der Waals surface area (Å²) in [6.45, 7) is 2.60. The van der Waals surface area contributed by atoms with Crippen LogP contribution in [0.1, 0.15) is 26.2 Å². The van der Waals surface area contributed by atoms with Crippen LogP contribution >= 0.6 is 0 Å². The third-order valence-electron chi connectivity index (χ3n) is 2.76. The molecule has 1 aliphatic heterocycles. The van der Waals surface area contributed by atoms with Crippen molar-refractivity contribution in [1.29, 1.82) is 0 Å². The van der Waals surface area contributed by atoms with Gasteiger partial charge >= 0.3 is 0 Å². The van der Waals surface area contributed by atoms with Gasteiger partial charge in [0.25, 0.3) is 5.91 Å². The van der Waals surface area contributed by atoms with Crippen LogP contribution in [0.3, 0.4) is 0 Å². The van der Waals surface area contributed by atoms with Gasteiger partial charge in [-0.1, -0.05) is 19.1 Å². The lowest BCUT2D eigenvalue weighted by molar-refractivity contribution is -0.121. The van der Waals surface area contributed by atoms with Gasteiger partial charge in [-0.3, -0.25) is 9.59 Å². The molecule has 0 radical (unpaired) electrons. The molecule has 1 aromatic carbocycles. The SMILES string of the molecule is CCCOc1ccccc1NC(=O)C1=NNC(=O)CC1. The summed E-state index contributed by atoms with van der Waals surface area (Å²) in [6, 6.07) is 7.23. The van der Waals surface area contributed by atoms with Crippen LogP contribution in [0.2, 0.25) is 0 Å². The minimum absolute atomic E-state index is 0.173. The molecule has 2 rings (SSSR count). The predicted molar refractivity (Wildman–Crippen MR) is 75.7 cm³/mol. The van der Waals surface area contributed by atoms with Crippen molar-refractivity contribution >= 4 is 23.2 Å². The number of nitrogens with one attached hydrogen (secondary N) is 2. The Hall–Kier alpha value is -2.37. The molecule has 20 heavy (non-hydrogen) atoms. The molecule has 106 valence electrons. The van der Waals surface area contributed by atoms with Crippen LogP contribution in [0, 0.1) is 0 Å². The lowest BCUT2D eigenvalue weighted by atomic mass is 10.1. The van der Waals surface area contributed by atoms with E-state index in [1.807, 2.05) is 19.1 Å². The summed E-state index contributed by atoms with van der Waals surface area (Å²) in [4.78, 5) is 23.0. The second-order valence-corrected chi connectivity index (χ2v) is 4.39. The Morgan fingerprint density at radius 2 is 2.20 bits per heavy atom. The molecule has 0 fully saturated rings. The maximum Gasteiger partial charge on any atom is 0.271 e. The van der Waals surface area contributed by atoms with Crippen molar-refractivity contribution in [3.8, 4) is 5.75 Å². The topological polar surface area (TPSA) is 79.8 Å². The summed E-state index contributed by atoms with van der Waals surface area (Å²) in [5.74, 6) is 0.133. The third-order valence-corrected chi connectivity index (χ3v) is 2.76. The van der Waals surface area contributed by atoms with Crippen molar-refractivity contribution in [2.24, 2.45) is 5.10 Å². The van der Waals surface area contributed by atoms with Crippen LogP contribution in [0.15, 0.2) is 29.4 Å². The van der Waals surface area contributed by atoms with E-state index in [1.54, 1.807) is 12.1 Å². The molecular weight excluding hydrogens is 258 g/mol. The van der Waals surface area contributed by atoms with E-state index in [2.05, 4.69) is 15.8 Å². The lowest BCUT2D eigenvalue weighted by Crippen LogP contribution is -2.32. The highest BCUT2D eigenvalue weighted by Crippen LogP contribution is 2.24. The second kappa shape index (κ2) is 6.70. The minimum Gasteiger partial charge on any atom is -0.491 e. The highest BCUT2D eigenvalue weighted by Gasteiger charge is 2.19. The Morgan fingerprint density at radius 3 is 2.90 bits per heavy atom. The first-order chi connectivity index (χ1) is 9.70. The average molecular weight is 275 g/mol. The number of carbonyl (C=O) groups is 2. The standard InChI is InChI=1S/C14H17N3O3/c1-2-9-20-12-6-4-3-5-10(12)15-14(19)11-7-8-13(18)17-16-11/h3-6H,2,7-9H2,1H3,(H,15,19)(H,17,18). The van der Waals surface area contributed by atoms with E-state index in [0.29, 0.717) is 30.2 Å². The van der Waals surface area contributed by atoms with Crippen LogP contribution in [-0.2, 0) is 9.59 Å². The van der Waals surface area contributed by atoms with Gasteiger partial charge in [-0.25, -0.2) is 5.43 Å². The number of carbonyl (C=O) groups excluding carboxylic acids is 2. The van der Waals surface area contributed by atoms with Gasteiger partial charge in [-0.2, -0.15) is 5.10 Å². The van der Waals surface area contributed by atoms with Crippen molar-refractivity contribution < 1.29 is 14.3 Å².